The third-order valence-corrected chi connectivity index (χ3v) is 3.85. The first kappa shape index (κ1) is 15.0. The highest BCUT2D eigenvalue weighted by molar-refractivity contribution is 5.86. The summed E-state index contributed by atoms with van der Waals surface area (Å²) in [5.41, 5.74) is 4.07. The number of fused-ring (bicyclic) bond motifs is 1. The van der Waals surface area contributed by atoms with Gasteiger partial charge in [-0.3, -0.25) is 9.20 Å². The molecule has 23 heavy (non-hydrogen) atoms. The number of nitrogens with zero attached hydrogens (tertiary/aromatic N) is 3. The number of aldehydes is 1. The van der Waals surface area contributed by atoms with Gasteiger partial charge in [-0.1, -0.05) is 30.3 Å². The molecule has 0 bridgehead atoms. The minimum Gasteiger partial charge on any atom is -0.481 e. The first-order chi connectivity index (χ1) is 11.2. The summed E-state index contributed by atoms with van der Waals surface area (Å²) >= 11 is 0. The Morgan fingerprint density at radius 3 is 2.78 bits per heavy atom. The Kier molecular flexibility index (Phi) is 3.93. The van der Waals surface area contributed by atoms with E-state index in [9.17, 15) is 4.79 Å². The number of rotatable bonds is 5. The Labute approximate surface area is 134 Å². The first-order valence-electron chi connectivity index (χ1n) is 7.27. The number of hydrogen-bond acceptors (Lipinski definition) is 4. The second-order valence-electron chi connectivity index (χ2n) is 5.18. The van der Waals surface area contributed by atoms with Crippen molar-refractivity contribution < 1.29 is 9.53 Å². The predicted octanol–water partition coefficient (Wildman–Crippen LogP) is 3.25. The normalized spacial score (nSPS) is 10.7. The highest BCUT2D eigenvalue weighted by Crippen LogP contribution is 2.26. The molecule has 0 N–H and O–H groups in total. The van der Waals surface area contributed by atoms with E-state index in [1.807, 2.05) is 41.8 Å². The Morgan fingerprint density at radius 2 is 2.09 bits per heavy atom. The molecule has 5 heteroatoms. The molecule has 0 unspecified atom stereocenters. The van der Waals surface area contributed by atoms with Crippen LogP contribution in [0.4, 0.5) is 0 Å². The number of hydrogen-bond donors (Lipinski definition) is 0. The van der Waals surface area contributed by atoms with Gasteiger partial charge in [-0.05, 0) is 13.3 Å². The van der Waals surface area contributed by atoms with Crippen molar-refractivity contribution >= 4 is 12.1 Å². The van der Waals surface area contributed by atoms with E-state index < -0.39 is 0 Å². The van der Waals surface area contributed by atoms with E-state index in [4.69, 9.17) is 4.74 Å². The summed E-state index contributed by atoms with van der Waals surface area (Å²) in [6, 6.07) is 7.37. The maximum absolute atomic E-state index is 11.2. The Balaban J connectivity index is 2.25. The Hall–Kier alpha value is -2.95. The minimum atomic E-state index is 0.544. The number of benzene rings is 1. The summed E-state index contributed by atoms with van der Waals surface area (Å²) in [6.45, 7) is 5.77. The summed E-state index contributed by atoms with van der Waals surface area (Å²) in [5.74, 6) is 1.10. The van der Waals surface area contributed by atoms with Crippen LogP contribution in [0.5, 0.6) is 5.88 Å². The molecule has 2 heterocycles. The van der Waals surface area contributed by atoms with Crippen molar-refractivity contribution in [1.82, 2.24) is 14.4 Å². The van der Waals surface area contributed by atoms with Crippen molar-refractivity contribution in [2.45, 2.75) is 13.3 Å². The number of aromatic nitrogens is 3. The van der Waals surface area contributed by atoms with Crippen LogP contribution < -0.4 is 4.74 Å². The van der Waals surface area contributed by atoms with Gasteiger partial charge in [-0.25, -0.2) is 4.98 Å². The monoisotopic (exact) mass is 307 g/mol. The predicted molar refractivity (Wildman–Crippen MR) is 89.0 cm³/mol. The van der Waals surface area contributed by atoms with Crippen LogP contribution >= 0.6 is 0 Å². The number of imidazole rings is 1. The quantitative estimate of drug-likeness (QED) is 0.536. The van der Waals surface area contributed by atoms with Gasteiger partial charge in [0, 0.05) is 28.6 Å². The Morgan fingerprint density at radius 1 is 1.30 bits per heavy atom. The number of ether oxygens (including phenoxy) is 1. The molecular formula is C18H17N3O2. The zero-order valence-electron chi connectivity index (χ0n) is 13.1. The fourth-order valence-electron chi connectivity index (χ4n) is 2.67. The zero-order chi connectivity index (χ0) is 16.4. The molecule has 5 nitrogen and oxygen atoms in total. The van der Waals surface area contributed by atoms with Gasteiger partial charge in [0.15, 0.2) is 6.29 Å². The van der Waals surface area contributed by atoms with Gasteiger partial charge in [0.25, 0.3) is 0 Å². The average molecular weight is 307 g/mol. The highest BCUT2D eigenvalue weighted by atomic mass is 16.5. The lowest BCUT2D eigenvalue weighted by Gasteiger charge is -2.10. The first-order valence-corrected chi connectivity index (χ1v) is 7.27. The summed E-state index contributed by atoms with van der Waals surface area (Å²) in [5, 5.41) is 0. The van der Waals surface area contributed by atoms with Crippen LogP contribution in [-0.4, -0.2) is 27.8 Å². The van der Waals surface area contributed by atoms with Gasteiger partial charge in [0.1, 0.15) is 0 Å². The van der Waals surface area contributed by atoms with Crippen LogP contribution in [0.2, 0.25) is 0 Å². The molecular weight excluding hydrogens is 290 g/mol. The molecule has 0 fully saturated rings. The van der Waals surface area contributed by atoms with E-state index in [-0.39, 0.29) is 0 Å². The standard InChI is InChI=1S/C18H17N3O2/c1-4-7-14-12(2)21-10-16(19-18(21)20-17(14)23-3)15-9-6-5-8-13(15)11-22/h4-6,8-11H,1,7H2,2-3H3. The van der Waals surface area contributed by atoms with Crippen molar-refractivity contribution in [3.05, 3.63) is 59.9 Å². The number of carbonyl (C=O) groups is 1. The topological polar surface area (TPSA) is 56.5 Å². The van der Waals surface area contributed by atoms with Gasteiger partial charge in [-0.2, -0.15) is 4.98 Å². The van der Waals surface area contributed by atoms with Gasteiger partial charge in [0.05, 0.1) is 12.8 Å². The minimum absolute atomic E-state index is 0.544. The molecule has 2 aromatic heterocycles. The zero-order valence-corrected chi connectivity index (χ0v) is 13.1. The van der Waals surface area contributed by atoms with Gasteiger partial charge >= 0.3 is 0 Å². The van der Waals surface area contributed by atoms with E-state index >= 15 is 0 Å². The molecule has 0 aliphatic rings. The second-order valence-corrected chi connectivity index (χ2v) is 5.18. The number of allylic oxidation sites excluding steroid dienone is 1. The summed E-state index contributed by atoms with van der Waals surface area (Å²) in [6.07, 6.45) is 5.21. The van der Waals surface area contributed by atoms with Gasteiger partial charge in [0.2, 0.25) is 11.7 Å². The average Bonchev–Trinajstić information content (AvgIpc) is 3.01. The summed E-state index contributed by atoms with van der Waals surface area (Å²) < 4.78 is 7.29. The third-order valence-electron chi connectivity index (χ3n) is 3.85. The van der Waals surface area contributed by atoms with Gasteiger partial charge in [-0.15, -0.1) is 6.58 Å². The number of carbonyl (C=O) groups excluding carboxylic acids is 1. The van der Waals surface area contributed by atoms with Crippen molar-refractivity contribution in [3.8, 4) is 17.1 Å². The molecule has 0 saturated heterocycles. The third kappa shape index (κ3) is 2.50. The second kappa shape index (κ2) is 6.04. The molecule has 0 amide bonds. The van der Waals surface area contributed by atoms with E-state index in [0.29, 0.717) is 29.3 Å². The maximum atomic E-state index is 11.2. The lowest BCUT2D eigenvalue weighted by atomic mass is 10.1. The van der Waals surface area contributed by atoms with E-state index in [1.54, 1.807) is 13.2 Å². The largest absolute Gasteiger partial charge is 0.481 e. The van der Waals surface area contributed by atoms with Crippen LogP contribution in [0.3, 0.4) is 0 Å². The number of aryl methyl sites for hydroxylation is 1. The van der Waals surface area contributed by atoms with Crippen molar-refractivity contribution in [3.63, 3.8) is 0 Å². The highest BCUT2D eigenvalue weighted by Gasteiger charge is 2.15. The van der Waals surface area contributed by atoms with Crippen molar-refractivity contribution in [2.75, 3.05) is 7.11 Å². The summed E-state index contributed by atoms with van der Waals surface area (Å²) in [4.78, 5) is 20.3. The molecule has 3 aromatic rings. The molecule has 0 aliphatic heterocycles. The maximum Gasteiger partial charge on any atom is 0.237 e. The molecule has 0 aliphatic carbocycles. The van der Waals surface area contributed by atoms with Crippen LogP contribution in [0.25, 0.3) is 17.0 Å². The van der Waals surface area contributed by atoms with Crippen molar-refractivity contribution in [1.29, 1.82) is 0 Å². The fourth-order valence-corrected chi connectivity index (χ4v) is 2.67. The van der Waals surface area contributed by atoms with E-state index in [2.05, 4.69) is 16.5 Å². The SMILES string of the molecule is C=CCc1c(OC)nc2nc(-c3ccccc3C=O)cn2c1C. The van der Waals surface area contributed by atoms with Crippen molar-refractivity contribution in [2.24, 2.45) is 0 Å². The van der Waals surface area contributed by atoms with E-state index in [1.165, 1.54) is 0 Å². The van der Waals surface area contributed by atoms with Crippen LogP contribution in [0.1, 0.15) is 21.6 Å². The molecule has 0 atom stereocenters. The lowest BCUT2D eigenvalue weighted by Crippen LogP contribution is -2.03. The smallest absolute Gasteiger partial charge is 0.237 e. The molecule has 116 valence electrons. The Bertz CT molecular complexity index is 897. The number of methoxy groups -OCH3 is 1. The van der Waals surface area contributed by atoms with Gasteiger partial charge < -0.3 is 4.74 Å². The van der Waals surface area contributed by atoms with Crippen LogP contribution in [0.15, 0.2) is 43.1 Å². The fraction of sp³-hybridized carbons (Fsp3) is 0.167. The lowest BCUT2D eigenvalue weighted by molar-refractivity contribution is 0.112. The summed E-state index contributed by atoms with van der Waals surface area (Å²) in [7, 11) is 1.59. The molecule has 0 radical (unpaired) electrons. The van der Waals surface area contributed by atoms with E-state index in [0.717, 1.165) is 23.1 Å². The molecule has 0 saturated carbocycles. The van der Waals surface area contributed by atoms with Crippen LogP contribution in [0, 0.1) is 6.92 Å². The molecule has 0 spiro atoms. The molecule has 3 rings (SSSR count). The van der Waals surface area contributed by atoms with Crippen LogP contribution in [-0.2, 0) is 6.42 Å². The molecule has 1 aromatic carbocycles.